The van der Waals surface area contributed by atoms with Crippen molar-refractivity contribution in [1.29, 1.82) is 0 Å². The van der Waals surface area contributed by atoms with Crippen molar-refractivity contribution < 1.29 is 4.79 Å². The Kier molecular flexibility index (Phi) is 5.45. The van der Waals surface area contributed by atoms with Crippen LogP contribution in [-0.4, -0.2) is 37.1 Å². The van der Waals surface area contributed by atoms with Gasteiger partial charge in [0.2, 0.25) is 5.91 Å². The molecule has 1 saturated carbocycles. The average Bonchev–Trinajstić information content (AvgIpc) is 2.99. The fraction of sp³-hybridized carbons (Fsp3) is 0.929. The lowest BCUT2D eigenvalue weighted by Crippen LogP contribution is -2.35. The SMILES string of the molecule is CC(CC1CCCN1)NCCCC(=O)NC1CC1. The first-order chi connectivity index (χ1) is 8.74. The summed E-state index contributed by atoms with van der Waals surface area (Å²) in [7, 11) is 0. The summed E-state index contributed by atoms with van der Waals surface area (Å²) in [6.07, 6.45) is 7.80. The molecule has 1 saturated heterocycles. The van der Waals surface area contributed by atoms with Crippen LogP contribution in [0.1, 0.15) is 51.9 Å². The van der Waals surface area contributed by atoms with Gasteiger partial charge in [-0.1, -0.05) is 0 Å². The fourth-order valence-electron chi connectivity index (χ4n) is 2.59. The van der Waals surface area contributed by atoms with Crippen molar-refractivity contribution in [1.82, 2.24) is 16.0 Å². The predicted molar refractivity (Wildman–Crippen MR) is 73.5 cm³/mol. The molecule has 0 radical (unpaired) electrons. The van der Waals surface area contributed by atoms with E-state index >= 15 is 0 Å². The smallest absolute Gasteiger partial charge is 0.220 e. The minimum atomic E-state index is 0.226. The van der Waals surface area contributed by atoms with Crippen LogP contribution in [0.3, 0.4) is 0 Å². The molecule has 0 aromatic carbocycles. The summed E-state index contributed by atoms with van der Waals surface area (Å²) in [5.41, 5.74) is 0. The highest BCUT2D eigenvalue weighted by Crippen LogP contribution is 2.18. The Hall–Kier alpha value is -0.610. The monoisotopic (exact) mass is 253 g/mol. The lowest BCUT2D eigenvalue weighted by Gasteiger charge is -2.18. The molecule has 0 aromatic rings. The Bertz CT molecular complexity index is 260. The van der Waals surface area contributed by atoms with Gasteiger partial charge in [-0.2, -0.15) is 0 Å². The van der Waals surface area contributed by atoms with Gasteiger partial charge in [0.15, 0.2) is 0 Å². The van der Waals surface area contributed by atoms with Gasteiger partial charge in [0.1, 0.15) is 0 Å². The van der Waals surface area contributed by atoms with Crippen LogP contribution < -0.4 is 16.0 Å². The first-order valence-electron chi connectivity index (χ1n) is 7.50. The average molecular weight is 253 g/mol. The van der Waals surface area contributed by atoms with E-state index in [9.17, 15) is 4.79 Å². The molecule has 2 rings (SSSR count). The quantitative estimate of drug-likeness (QED) is 0.569. The molecule has 2 fully saturated rings. The Morgan fingerprint density at radius 1 is 1.39 bits per heavy atom. The molecule has 0 aromatic heterocycles. The Morgan fingerprint density at radius 2 is 2.22 bits per heavy atom. The van der Waals surface area contributed by atoms with Crippen LogP contribution in [0.5, 0.6) is 0 Å². The zero-order chi connectivity index (χ0) is 12.8. The molecule has 4 nitrogen and oxygen atoms in total. The van der Waals surface area contributed by atoms with Crippen molar-refractivity contribution in [2.24, 2.45) is 0 Å². The minimum absolute atomic E-state index is 0.226. The Labute approximate surface area is 110 Å². The lowest BCUT2D eigenvalue weighted by molar-refractivity contribution is -0.121. The molecule has 2 unspecified atom stereocenters. The maximum atomic E-state index is 11.5. The van der Waals surface area contributed by atoms with Gasteiger partial charge < -0.3 is 16.0 Å². The van der Waals surface area contributed by atoms with Crippen LogP contribution in [0.4, 0.5) is 0 Å². The van der Waals surface area contributed by atoms with E-state index in [0.717, 1.165) is 13.0 Å². The second kappa shape index (κ2) is 7.10. The molecule has 2 aliphatic rings. The van der Waals surface area contributed by atoms with Gasteiger partial charge in [-0.25, -0.2) is 0 Å². The minimum Gasteiger partial charge on any atom is -0.353 e. The van der Waals surface area contributed by atoms with Gasteiger partial charge >= 0.3 is 0 Å². The standard InChI is InChI=1S/C14H27N3O/c1-11(10-13-4-2-9-16-13)15-8-3-5-14(18)17-12-6-7-12/h11-13,15-16H,2-10H2,1H3,(H,17,18). The van der Waals surface area contributed by atoms with Crippen LogP contribution in [0, 0.1) is 0 Å². The van der Waals surface area contributed by atoms with Crippen molar-refractivity contribution in [3.63, 3.8) is 0 Å². The van der Waals surface area contributed by atoms with Crippen molar-refractivity contribution >= 4 is 5.91 Å². The number of carbonyl (C=O) groups is 1. The Balaban J connectivity index is 1.45. The van der Waals surface area contributed by atoms with Gasteiger partial charge in [0.05, 0.1) is 0 Å². The van der Waals surface area contributed by atoms with Crippen molar-refractivity contribution in [3.8, 4) is 0 Å². The normalized spacial score (nSPS) is 25.1. The third-order valence-corrected chi connectivity index (χ3v) is 3.82. The summed E-state index contributed by atoms with van der Waals surface area (Å²) < 4.78 is 0. The number of carbonyl (C=O) groups excluding carboxylic acids is 1. The highest BCUT2D eigenvalue weighted by Gasteiger charge is 2.22. The van der Waals surface area contributed by atoms with Crippen LogP contribution in [0.25, 0.3) is 0 Å². The van der Waals surface area contributed by atoms with E-state index in [1.807, 2.05) is 0 Å². The number of hydrogen-bond acceptors (Lipinski definition) is 3. The van der Waals surface area contributed by atoms with Gasteiger partial charge in [0, 0.05) is 24.5 Å². The fourth-order valence-corrected chi connectivity index (χ4v) is 2.59. The zero-order valence-electron chi connectivity index (χ0n) is 11.5. The van der Waals surface area contributed by atoms with E-state index in [1.165, 1.54) is 38.6 Å². The summed E-state index contributed by atoms with van der Waals surface area (Å²) >= 11 is 0. The van der Waals surface area contributed by atoms with Crippen molar-refractivity contribution in [2.75, 3.05) is 13.1 Å². The van der Waals surface area contributed by atoms with E-state index in [2.05, 4.69) is 22.9 Å². The van der Waals surface area contributed by atoms with Crippen LogP contribution in [0.2, 0.25) is 0 Å². The largest absolute Gasteiger partial charge is 0.353 e. The van der Waals surface area contributed by atoms with E-state index in [4.69, 9.17) is 0 Å². The molecule has 1 aliphatic carbocycles. The molecule has 0 bridgehead atoms. The van der Waals surface area contributed by atoms with Crippen LogP contribution in [0.15, 0.2) is 0 Å². The number of nitrogens with one attached hydrogen (secondary N) is 3. The lowest BCUT2D eigenvalue weighted by atomic mass is 10.1. The first kappa shape index (κ1) is 13.8. The Morgan fingerprint density at radius 3 is 2.89 bits per heavy atom. The third-order valence-electron chi connectivity index (χ3n) is 3.82. The second-order valence-corrected chi connectivity index (χ2v) is 5.83. The van der Waals surface area contributed by atoms with E-state index in [0.29, 0.717) is 24.5 Å². The maximum Gasteiger partial charge on any atom is 0.220 e. The van der Waals surface area contributed by atoms with Gasteiger partial charge in [-0.05, 0) is 58.5 Å². The highest BCUT2D eigenvalue weighted by atomic mass is 16.1. The summed E-state index contributed by atoms with van der Waals surface area (Å²) in [4.78, 5) is 11.5. The van der Waals surface area contributed by atoms with E-state index in [1.54, 1.807) is 0 Å². The topological polar surface area (TPSA) is 53.2 Å². The molecule has 1 aliphatic heterocycles. The summed E-state index contributed by atoms with van der Waals surface area (Å²) in [5.74, 6) is 0.226. The summed E-state index contributed by atoms with van der Waals surface area (Å²) in [6.45, 7) is 4.37. The first-order valence-corrected chi connectivity index (χ1v) is 7.50. The molecular weight excluding hydrogens is 226 g/mol. The molecule has 1 amide bonds. The molecule has 1 heterocycles. The molecule has 4 heteroatoms. The van der Waals surface area contributed by atoms with Crippen molar-refractivity contribution in [3.05, 3.63) is 0 Å². The highest BCUT2D eigenvalue weighted by molar-refractivity contribution is 5.76. The predicted octanol–water partition coefficient (Wildman–Crippen LogP) is 1.17. The van der Waals surface area contributed by atoms with Gasteiger partial charge in [-0.3, -0.25) is 4.79 Å². The molecule has 104 valence electrons. The molecular formula is C14H27N3O. The molecule has 2 atom stereocenters. The molecule has 18 heavy (non-hydrogen) atoms. The van der Waals surface area contributed by atoms with Crippen molar-refractivity contribution in [2.45, 2.75) is 70.0 Å². The second-order valence-electron chi connectivity index (χ2n) is 5.83. The van der Waals surface area contributed by atoms with E-state index in [-0.39, 0.29) is 5.91 Å². The maximum absolute atomic E-state index is 11.5. The number of amides is 1. The van der Waals surface area contributed by atoms with Crippen LogP contribution in [-0.2, 0) is 4.79 Å². The van der Waals surface area contributed by atoms with Gasteiger partial charge in [0.25, 0.3) is 0 Å². The molecule has 3 N–H and O–H groups in total. The van der Waals surface area contributed by atoms with Crippen LogP contribution >= 0.6 is 0 Å². The zero-order valence-corrected chi connectivity index (χ0v) is 11.5. The summed E-state index contributed by atoms with van der Waals surface area (Å²) in [6, 6.07) is 1.75. The molecule has 0 spiro atoms. The third kappa shape index (κ3) is 5.36. The number of hydrogen-bond donors (Lipinski definition) is 3. The van der Waals surface area contributed by atoms with Gasteiger partial charge in [-0.15, -0.1) is 0 Å². The van der Waals surface area contributed by atoms with E-state index < -0.39 is 0 Å². The number of rotatable bonds is 8. The summed E-state index contributed by atoms with van der Waals surface area (Å²) in [5, 5.41) is 10.1.